The second kappa shape index (κ2) is 5.91. The van der Waals surface area contributed by atoms with Gasteiger partial charge >= 0.3 is 0 Å². The summed E-state index contributed by atoms with van der Waals surface area (Å²) in [6.07, 6.45) is 1.46. The lowest BCUT2D eigenvalue weighted by Crippen LogP contribution is -2.25. The molecule has 1 heterocycles. The zero-order valence-electron chi connectivity index (χ0n) is 11.3. The van der Waals surface area contributed by atoms with Crippen molar-refractivity contribution >= 4 is 11.5 Å². The second-order valence-electron chi connectivity index (χ2n) is 4.61. The summed E-state index contributed by atoms with van der Waals surface area (Å²) in [5.74, 6) is 0.963. The highest BCUT2D eigenvalue weighted by Gasteiger charge is 2.16. The van der Waals surface area contributed by atoms with Gasteiger partial charge < -0.3 is 15.7 Å². The quantitative estimate of drug-likeness (QED) is 0.788. The molecule has 0 aromatic carbocycles. The topological polar surface area (TPSA) is 67.3 Å². The number of nitrogens with zero attached hydrogens (tertiary/aromatic N) is 3. The Morgan fingerprint density at radius 3 is 2.71 bits per heavy atom. The fraction of sp³-hybridized carbons (Fsp3) is 0.750. The maximum Gasteiger partial charge on any atom is 0.150 e. The summed E-state index contributed by atoms with van der Waals surface area (Å²) in [4.78, 5) is 2.07. The fourth-order valence-electron chi connectivity index (χ4n) is 1.84. The van der Waals surface area contributed by atoms with Gasteiger partial charge in [0.2, 0.25) is 0 Å². The molecule has 1 unspecified atom stereocenters. The number of hydrogen-bond donors (Lipinski definition) is 2. The molecule has 98 valence electrons. The van der Waals surface area contributed by atoms with E-state index in [0.29, 0.717) is 0 Å². The molecule has 0 aliphatic rings. The van der Waals surface area contributed by atoms with E-state index in [2.05, 4.69) is 16.9 Å². The van der Waals surface area contributed by atoms with Gasteiger partial charge in [-0.3, -0.25) is 0 Å². The summed E-state index contributed by atoms with van der Waals surface area (Å²) < 4.78 is 1.95. The Balaban J connectivity index is 2.86. The molecule has 1 aromatic rings. The maximum absolute atomic E-state index is 9.31. The van der Waals surface area contributed by atoms with E-state index < -0.39 is 0 Å². The normalized spacial score (nSPS) is 12.8. The zero-order valence-corrected chi connectivity index (χ0v) is 11.3. The van der Waals surface area contributed by atoms with E-state index in [1.165, 1.54) is 0 Å². The molecular weight excluding hydrogens is 216 g/mol. The van der Waals surface area contributed by atoms with E-state index in [1.807, 2.05) is 18.7 Å². The Labute approximate surface area is 103 Å². The highest BCUT2D eigenvalue weighted by Crippen LogP contribution is 2.26. The summed E-state index contributed by atoms with van der Waals surface area (Å²) in [6.45, 7) is 7.48. The number of nitrogens with two attached hydrogens (primary N) is 1. The van der Waals surface area contributed by atoms with Crippen LogP contribution >= 0.6 is 0 Å². The minimum atomic E-state index is -0.290. The average molecular weight is 240 g/mol. The Kier molecular flexibility index (Phi) is 4.81. The molecule has 5 heteroatoms. The molecule has 3 N–H and O–H groups in total. The summed E-state index contributed by atoms with van der Waals surface area (Å²) in [7, 11) is 1.99. The van der Waals surface area contributed by atoms with Crippen molar-refractivity contribution in [1.82, 2.24) is 9.78 Å². The van der Waals surface area contributed by atoms with Gasteiger partial charge in [0.1, 0.15) is 5.82 Å². The van der Waals surface area contributed by atoms with Crippen LogP contribution in [0.2, 0.25) is 0 Å². The van der Waals surface area contributed by atoms with Crippen molar-refractivity contribution in [1.29, 1.82) is 0 Å². The van der Waals surface area contributed by atoms with E-state index in [-0.39, 0.29) is 6.10 Å². The van der Waals surface area contributed by atoms with Gasteiger partial charge in [-0.15, -0.1) is 0 Å². The zero-order chi connectivity index (χ0) is 13.0. The maximum atomic E-state index is 9.31. The van der Waals surface area contributed by atoms with E-state index >= 15 is 0 Å². The van der Waals surface area contributed by atoms with Gasteiger partial charge in [-0.25, -0.2) is 4.68 Å². The third-order valence-corrected chi connectivity index (χ3v) is 2.83. The molecule has 0 bridgehead atoms. The van der Waals surface area contributed by atoms with Crippen molar-refractivity contribution in [2.24, 2.45) is 0 Å². The van der Waals surface area contributed by atoms with E-state index in [9.17, 15) is 5.11 Å². The number of aliphatic hydroxyl groups excluding tert-OH is 1. The largest absolute Gasteiger partial charge is 0.394 e. The molecule has 0 saturated carbocycles. The van der Waals surface area contributed by atoms with Gasteiger partial charge in [-0.05, 0) is 26.7 Å². The molecule has 5 nitrogen and oxygen atoms in total. The van der Waals surface area contributed by atoms with Crippen LogP contribution in [0.4, 0.5) is 11.5 Å². The van der Waals surface area contributed by atoms with E-state index in [0.717, 1.165) is 43.1 Å². The van der Waals surface area contributed by atoms with Crippen LogP contribution in [0.1, 0.15) is 32.4 Å². The molecule has 0 radical (unpaired) electrons. The van der Waals surface area contributed by atoms with Crippen molar-refractivity contribution in [3.05, 3.63) is 5.69 Å². The van der Waals surface area contributed by atoms with Crippen LogP contribution in [0.5, 0.6) is 0 Å². The summed E-state index contributed by atoms with van der Waals surface area (Å²) in [5.41, 5.74) is 7.67. The minimum Gasteiger partial charge on any atom is -0.394 e. The smallest absolute Gasteiger partial charge is 0.150 e. The SMILES string of the molecule is CCCn1nc(C)c(N)c1N(C)CCC(C)O. The predicted molar refractivity (Wildman–Crippen MR) is 71.2 cm³/mol. The Morgan fingerprint density at radius 1 is 1.53 bits per heavy atom. The molecular formula is C12H24N4O. The molecule has 0 spiro atoms. The Bertz CT molecular complexity index is 360. The number of hydrogen-bond acceptors (Lipinski definition) is 4. The van der Waals surface area contributed by atoms with E-state index in [4.69, 9.17) is 5.73 Å². The lowest BCUT2D eigenvalue weighted by atomic mass is 10.2. The van der Waals surface area contributed by atoms with Gasteiger partial charge in [0.25, 0.3) is 0 Å². The van der Waals surface area contributed by atoms with Crippen molar-refractivity contribution in [2.75, 3.05) is 24.2 Å². The van der Waals surface area contributed by atoms with Crippen LogP contribution < -0.4 is 10.6 Å². The average Bonchev–Trinajstić information content (AvgIpc) is 2.52. The van der Waals surface area contributed by atoms with Crippen LogP contribution in [0.3, 0.4) is 0 Å². The highest BCUT2D eigenvalue weighted by molar-refractivity contribution is 5.65. The van der Waals surface area contributed by atoms with Gasteiger partial charge in [0, 0.05) is 20.1 Å². The van der Waals surface area contributed by atoms with Crippen LogP contribution in [-0.4, -0.2) is 34.6 Å². The third kappa shape index (κ3) is 3.36. The molecule has 0 amide bonds. The van der Waals surface area contributed by atoms with Gasteiger partial charge in [0.15, 0.2) is 0 Å². The fourth-order valence-corrected chi connectivity index (χ4v) is 1.84. The number of aliphatic hydroxyl groups is 1. The molecule has 0 aliphatic heterocycles. The Hall–Kier alpha value is -1.23. The summed E-state index contributed by atoms with van der Waals surface area (Å²) >= 11 is 0. The van der Waals surface area contributed by atoms with Gasteiger partial charge in [0.05, 0.1) is 17.5 Å². The van der Waals surface area contributed by atoms with Gasteiger partial charge in [-0.2, -0.15) is 5.10 Å². The second-order valence-corrected chi connectivity index (χ2v) is 4.61. The standard InChI is InChI=1S/C12H24N4O/c1-5-7-16-12(11(13)10(3)14-16)15(4)8-6-9(2)17/h9,17H,5-8,13H2,1-4H3. The van der Waals surface area contributed by atoms with Crippen LogP contribution in [0.15, 0.2) is 0 Å². The monoisotopic (exact) mass is 240 g/mol. The summed E-state index contributed by atoms with van der Waals surface area (Å²) in [6, 6.07) is 0. The lowest BCUT2D eigenvalue weighted by molar-refractivity contribution is 0.186. The Morgan fingerprint density at radius 2 is 2.18 bits per heavy atom. The van der Waals surface area contributed by atoms with Crippen molar-refractivity contribution < 1.29 is 5.11 Å². The molecule has 0 fully saturated rings. The first kappa shape index (κ1) is 13.8. The van der Waals surface area contributed by atoms with Crippen LogP contribution in [0, 0.1) is 6.92 Å². The molecule has 0 saturated heterocycles. The molecule has 1 rings (SSSR count). The minimum absolute atomic E-state index is 0.290. The molecule has 1 aromatic heterocycles. The first-order valence-electron chi connectivity index (χ1n) is 6.19. The van der Waals surface area contributed by atoms with Gasteiger partial charge in [-0.1, -0.05) is 6.92 Å². The molecule has 0 aliphatic carbocycles. The van der Waals surface area contributed by atoms with Crippen molar-refractivity contribution in [3.8, 4) is 0 Å². The van der Waals surface area contributed by atoms with E-state index in [1.54, 1.807) is 6.92 Å². The van der Waals surface area contributed by atoms with Crippen molar-refractivity contribution in [2.45, 2.75) is 46.3 Å². The number of anilines is 2. The van der Waals surface area contributed by atoms with Crippen LogP contribution in [-0.2, 0) is 6.54 Å². The summed E-state index contributed by atoms with van der Waals surface area (Å²) in [5, 5.41) is 13.8. The number of rotatable bonds is 6. The number of aromatic nitrogens is 2. The van der Waals surface area contributed by atoms with Crippen molar-refractivity contribution in [3.63, 3.8) is 0 Å². The molecule has 17 heavy (non-hydrogen) atoms. The van der Waals surface area contributed by atoms with Crippen LogP contribution in [0.25, 0.3) is 0 Å². The lowest BCUT2D eigenvalue weighted by Gasteiger charge is -2.21. The highest BCUT2D eigenvalue weighted by atomic mass is 16.3. The number of nitrogen functional groups attached to an aromatic ring is 1. The molecule has 1 atom stereocenters. The predicted octanol–water partition coefficient (Wildman–Crippen LogP) is 1.39. The first-order valence-corrected chi connectivity index (χ1v) is 6.19. The third-order valence-electron chi connectivity index (χ3n) is 2.83. The number of aryl methyl sites for hydroxylation is 2. The first-order chi connectivity index (χ1) is 7.97.